The Labute approximate surface area is 110 Å². The van der Waals surface area contributed by atoms with Crippen LogP contribution in [-0.4, -0.2) is 4.89 Å². The first-order valence-corrected chi connectivity index (χ1v) is 6.98. The van der Waals surface area contributed by atoms with Crippen molar-refractivity contribution in [1.29, 1.82) is 0 Å². The fourth-order valence-electron chi connectivity index (χ4n) is 1.35. The van der Waals surface area contributed by atoms with Crippen LogP contribution in [0.25, 0.3) is 0 Å². The molecule has 0 fully saturated rings. The Morgan fingerprint density at radius 1 is 1.00 bits per heavy atom. The van der Waals surface area contributed by atoms with Crippen molar-refractivity contribution in [3.63, 3.8) is 0 Å². The Balaban J connectivity index is 2.26. The predicted molar refractivity (Wildman–Crippen MR) is 66.2 cm³/mol. The average molecular weight is 280 g/mol. The highest BCUT2D eigenvalue weighted by molar-refractivity contribution is 7.99. The van der Waals surface area contributed by atoms with Gasteiger partial charge in [0.2, 0.25) is 0 Å². The van der Waals surface area contributed by atoms with Crippen LogP contribution in [0, 0.1) is 0 Å². The summed E-state index contributed by atoms with van der Waals surface area (Å²) in [4.78, 5) is 20.6. The number of hydrogen-bond donors (Lipinski definition) is 1. The van der Waals surface area contributed by atoms with Crippen molar-refractivity contribution in [1.82, 2.24) is 0 Å². The molecule has 94 valence electrons. The van der Waals surface area contributed by atoms with Crippen LogP contribution >= 0.6 is 20.4 Å². The molecule has 0 aliphatic rings. The van der Waals surface area contributed by atoms with E-state index in [4.69, 9.17) is 9.42 Å². The van der Waals surface area contributed by atoms with Crippen LogP contribution in [0.3, 0.4) is 0 Å². The quantitative estimate of drug-likeness (QED) is 0.865. The minimum absolute atomic E-state index is 0.0920. The van der Waals surface area contributed by atoms with Crippen LogP contribution in [0.4, 0.5) is 0 Å². The van der Waals surface area contributed by atoms with Crippen molar-refractivity contribution in [2.45, 2.75) is 9.79 Å². The molecule has 0 spiro atoms. The summed E-state index contributed by atoms with van der Waals surface area (Å²) in [7, 11) is -2.72. The van der Waals surface area contributed by atoms with Crippen LogP contribution in [0.2, 0.25) is 0 Å². The van der Waals surface area contributed by atoms with Gasteiger partial charge in [-0.15, -0.1) is 0 Å². The van der Waals surface area contributed by atoms with Crippen LogP contribution < -0.4 is 14.5 Å². The molecule has 1 atom stereocenters. The molecule has 0 heterocycles. The van der Waals surface area contributed by atoms with Crippen molar-refractivity contribution >= 4 is 20.4 Å². The van der Waals surface area contributed by atoms with Crippen molar-refractivity contribution in [3.8, 4) is 11.5 Å². The van der Waals surface area contributed by atoms with Gasteiger partial charge in [-0.25, -0.2) is 0 Å². The Morgan fingerprint density at radius 3 is 2.28 bits per heavy atom. The van der Waals surface area contributed by atoms with Crippen LogP contribution in [0.15, 0.2) is 58.3 Å². The summed E-state index contributed by atoms with van der Waals surface area (Å²) in [5, 5.41) is 11.6. The molecule has 0 amide bonds. The fraction of sp³-hybridized carbons (Fsp3) is 0. The molecule has 1 N–H and O–H groups in total. The molecule has 2 rings (SSSR count). The van der Waals surface area contributed by atoms with Gasteiger partial charge in [0.05, 0.1) is 4.90 Å². The Kier molecular flexibility index (Phi) is 4.44. The van der Waals surface area contributed by atoms with Crippen molar-refractivity contribution in [2.75, 3.05) is 0 Å². The van der Waals surface area contributed by atoms with Gasteiger partial charge in [0.15, 0.2) is 0 Å². The third kappa shape index (κ3) is 3.37. The zero-order valence-electron chi connectivity index (χ0n) is 9.15. The molecule has 0 saturated carbocycles. The topological polar surface area (TPSA) is 75.6 Å². The second-order valence-electron chi connectivity index (χ2n) is 3.32. The zero-order chi connectivity index (χ0) is 13.0. The first-order valence-electron chi connectivity index (χ1n) is 5.04. The van der Waals surface area contributed by atoms with E-state index in [9.17, 15) is 10.00 Å². The zero-order valence-corrected chi connectivity index (χ0v) is 10.9. The normalized spacial score (nSPS) is 12.1. The van der Waals surface area contributed by atoms with Gasteiger partial charge in [-0.3, -0.25) is 0 Å². The molecule has 0 radical (unpaired) electrons. The lowest BCUT2D eigenvalue weighted by atomic mass is 10.3. The number of hydrogen-bond acceptors (Lipinski definition) is 5. The maximum atomic E-state index is 11.6. The largest absolute Gasteiger partial charge is 0.872 e. The summed E-state index contributed by atoms with van der Waals surface area (Å²) in [6, 6.07) is 13.4. The van der Waals surface area contributed by atoms with Gasteiger partial charge in [-0.2, -0.15) is 0 Å². The lowest BCUT2D eigenvalue weighted by Gasteiger charge is -2.19. The molecule has 6 heteroatoms. The summed E-state index contributed by atoms with van der Waals surface area (Å²) in [5.41, 5.74) is 0. The number of para-hydroxylation sites is 2. The van der Waals surface area contributed by atoms with E-state index in [0.717, 1.165) is 0 Å². The lowest BCUT2D eigenvalue weighted by molar-refractivity contribution is -0.272. The minimum atomic E-state index is -2.72. The predicted octanol–water partition coefficient (Wildman–Crippen LogP) is 1.87. The summed E-state index contributed by atoms with van der Waals surface area (Å²) < 4.78 is 4.80. The summed E-state index contributed by atoms with van der Waals surface area (Å²) in [5.74, 6) is 0.194. The molecular weight excluding hydrogens is 271 g/mol. The monoisotopic (exact) mass is 280 g/mol. The van der Waals surface area contributed by atoms with Gasteiger partial charge in [0.25, 0.3) is 0 Å². The van der Waals surface area contributed by atoms with Gasteiger partial charge in [0, 0.05) is 4.90 Å². The van der Waals surface area contributed by atoms with E-state index in [1.165, 1.54) is 17.8 Å². The first-order chi connectivity index (χ1) is 8.66. The Morgan fingerprint density at radius 2 is 1.61 bits per heavy atom. The van der Waals surface area contributed by atoms with Crippen LogP contribution in [0.5, 0.6) is 11.5 Å². The smallest absolute Gasteiger partial charge is 0.144 e. The Hall–Kier alpha value is -1.26. The molecule has 0 aliphatic heterocycles. The van der Waals surface area contributed by atoms with E-state index in [-0.39, 0.29) is 11.5 Å². The fourth-order valence-corrected chi connectivity index (χ4v) is 2.65. The van der Waals surface area contributed by atoms with Crippen LogP contribution in [-0.2, 0) is 0 Å². The van der Waals surface area contributed by atoms with E-state index in [2.05, 4.69) is 0 Å². The standard InChI is InChI=1S/C12H10O4PS/c13-9-5-1-3-7-11(9)18-12-8-4-2-6-10(12)16-17(14)15/h1-8,13-14H/q-1/p-1. The van der Waals surface area contributed by atoms with Crippen molar-refractivity contribution in [3.05, 3.63) is 48.5 Å². The maximum absolute atomic E-state index is 11.6. The second-order valence-corrected chi connectivity index (χ2v) is 5.07. The third-order valence-corrected chi connectivity index (χ3v) is 3.56. The van der Waals surface area contributed by atoms with E-state index < -0.39 is 8.60 Å². The highest BCUT2D eigenvalue weighted by Gasteiger charge is 2.06. The SMILES string of the molecule is [O-]c1ccccc1Sc1ccccc1OP([O-])O. The molecule has 0 aliphatic carbocycles. The second kappa shape index (κ2) is 6.07. The van der Waals surface area contributed by atoms with E-state index in [1.807, 2.05) is 0 Å². The molecule has 1 unspecified atom stereocenters. The summed E-state index contributed by atoms with van der Waals surface area (Å²) >= 11 is 1.21. The van der Waals surface area contributed by atoms with E-state index in [1.54, 1.807) is 42.5 Å². The van der Waals surface area contributed by atoms with Gasteiger partial charge < -0.3 is 19.4 Å². The van der Waals surface area contributed by atoms with E-state index in [0.29, 0.717) is 9.79 Å². The molecule has 2 aromatic rings. The van der Waals surface area contributed by atoms with Gasteiger partial charge >= 0.3 is 0 Å². The van der Waals surface area contributed by atoms with Crippen LogP contribution in [0.1, 0.15) is 0 Å². The molecular formula is C12H9O4PS-2. The van der Waals surface area contributed by atoms with Gasteiger partial charge in [-0.1, -0.05) is 47.8 Å². The molecule has 0 saturated heterocycles. The number of rotatable bonds is 4. The minimum Gasteiger partial charge on any atom is -0.872 e. The van der Waals surface area contributed by atoms with E-state index >= 15 is 0 Å². The molecule has 4 nitrogen and oxygen atoms in total. The molecule has 18 heavy (non-hydrogen) atoms. The number of benzene rings is 2. The molecule has 2 aromatic carbocycles. The lowest BCUT2D eigenvalue weighted by Crippen LogP contribution is -2.00. The highest BCUT2D eigenvalue weighted by atomic mass is 32.2. The van der Waals surface area contributed by atoms with Crippen molar-refractivity contribution < 1.29 is 19.4 Å². The van der Waals surface area contributed by atoms with Gasteiger partial charge in [-0.05, 0) is 18.2 Å². The summed E-state index contributed by atoms with van der Waals surface area (Å²) in [6.45, 7) is 0. The highest BCUT2D eigenvalue weighted by Crippen LogP contribution is 2.40. The molecule has 0 bridgehead atoms. The summed E-state index contributed by atoms with van der Waals surface area (Å²) in [6.07, 6.45) is 0. The Bertz CT molecular complexity index is 533. The van der Waals surface area contributed by atoms with Gasteiger partial charge in [0.1, 0.15) is 14.4 Å². The first kappa shape index (κ1) is 13.2. The molecule has 0 aromatic heterocycles. The van der Waals surface area contributed by atoms with Crippen molar-refractivity contribution in [2.24, 2.45) is 0 Å². The maximum Gasteiger partial charge on any atom is 0.144 e. The average Bonchev–Trinajstić information content (AvgIpc) is 2.34. The third-order valence-electron chi connectivity index (χ3n) is 2.09.